The van der Waals surface area contributed by atoms with Gasteiger partial charge in [0.1, 0.15) is 17.4 Å². The van der Waals surface area contributed by atoms with Crippen LogP contribution in [0.1, 0.15) is 28.0 Å². The van der Waals surface area contributed by atoms with Crippen molar-refractivity contribution in [2.24, 2.45) is 0 Å². The van der Waals surface area contributed by atoms with Crippen LogP contribution in [0.5, 0.6) is 5.75 Å². The van der Waals surface area contributed by atoms with Crippen molar-refractivity contribution < 1.29 is 9.53 Å². The lowest BCUT2D eigenvalue weighted by atomic mass is 10.1. The van der Waals surface area contributed by atoms with E-state index in [1.807, 2.05) is 24.4 Å². The normalized spacial score (nSPS) is 10.2. The van der Waals surface area contributed by atoms with Gasteiger partial charge in [-0.05, 0) is 26.0 Å². The zero-order valence-corrected chi connectivity index (χ0v) is 10.6. The van der Waals surface area contributed by atoms with Gasteiger partial charge in [-0.15, -0.1) is 11.3 Å². The van der Waals surface area contributed by atoms with Gasteiger partial charge < -0.3 is 4.74 Å². The Morgan fingerprint density at radius 2 is 2.18 bits per heavy atom. The monoisotopic (exact) mass is 247 g/mol. The van der Waals surface area contributed by atoms with Crippen molar-refractivity contribution in [3.8, 4) is 5.75 Å². The Labute approximate surface area is 104 Å². The first-order valence-corrected chi connectivity index (χ1v) is 6.18. The van der Waals surface area contributed by atoms with Gasteiger partial charge in [-0.25, -0.2) is 4.98 Å². The summed E-state index contributed by atoms with van der Waals surface area (Å²) in [6.45, 7) is 3.89. The molecule has 3 nitrogen and oxygen atoms in total. The highest BCUT2D eigenvalue weighted by molar-refractivity contribution is 7.09. The molecular formula is C13H13NO2S. The van der Waals surface area contributed by atoms with Gasteiger partial charge in [0.05, 0.1) is 5.56 Å². The van der Waals surface area contributed by atoms with Crippen LogP contribution in [-0.2, 0) is 6.61 Å². The molecule has 0 unspecified atom stereocenters. The minimum absolute atomic E-state index is 0.0101. The van der Waals surface area contributed by atoms with Crippen molar-refractivity contribution in [1.29, 1.82) is 0 Å². The Bertz CT molecular complexity index is 534. The highest BCUT2D eigenvalue weighted by atomic mass is 32.1. The maximum absolute atomic E-state index is 11.4. The Balaban J connectivity index is 2.11. The molecule has 0 fully saturated rings. The molecule has 2 aromatic rings. The molecule has 0 saturated carbocycles. The molecule has 88 valence electrons. The third-order valence-corrected chi connectivity index (χ3v) is 3.22. The number of ether oxygens (including phenoxy) is 1. The zero-order valence-electron chi connectivity index (χ0n) is 9.77. The summed E-state index contributed by atoms with van der Waals surface area (Å²) in [7, 11) is 0. The molecule has 0 bridgehead atoms. The SMILES string of the molecule is CC(=O)c1ccccc1OCc1nc(C)cs1. The first-order valence-electron chi connectivity index (χ1n) is 5.30. The van der Waals surface area contributed by atoms with E-state index in [0.29, 0.717) is 17.9 Å². The van der Waals surface area contributed by atoms with Gasteiger partial charge in [0, 0.05) is 11.1 Å². The topological polar surface area (TPSA) is 39.2 Å². The lowest BCUT2D eigenvalue weighted by Crippen LogP contribution is -2.01. The number of nitrogens with zero attached hydrogens (tertiary/aromatic N) is 1. The van der Waals surface area contributed by atoms with Crippen LogP contribution in [-0.4, -0.2) is 10.8 Å². The number of thiazole rings is 1. The third-order valence-electron chi connectivity index (χ3n) is 2.28. The Morgan fingerprint density at radius 1 is 1.41 bits per heavy atom. The standard InChI is InChI=1S/C13H13NO2S/c1-9-8-17-13(14-9)7-16-12-6-4-3-5-11(12)10(2)15/h3-6,8H,7H2,1-2H3. The van der Waals surface area contributed by atoms with Crippen molar-refractivity contribution >= 4 is 17.1 Å². The fourth-order valence-corrected chi connectivity index (χ4v) is 2.17. The molecule has 1 aromatic carbocycles. The third kappa shape index (κ3) is 2.91. The average Bonchev–Trinajstić information content (AvgIpc) is 2.73. The van der Waals surface area contributed by atoms with Crippen LogP contribution in [0, 0.1) is 6.92 Å². The van der Waals surface area contributed by atoms with Gasteiger partial charge in [0.25, 0.3) is 0 Å². The molecule has 0 aliphatic carbocycles. The van der Waals surface area contributed by atoms with Crippen LogP contribution >= 0.6 is 11.3 Å². The van der Waals surface area contributed by atoms with E-state index in [9.17, 15) is 4.79 Å². The van der Waals surface area contributed by atoms with E-state index >= 15 is 0 Å². The van der Waals surface area contributed by atoms with Crippen LogP contribution in [0.4, 0.5) is 0 Å². The second-order valence-electron chi connectivity index (χ2n) is 3.72. The lowest BCUT2D eigenvalue weighted by Gasteiger charge is -2.07. The summed E-state index contributed by atoms with van der Waals surface area (Å²) in [5.41, 5.74) is 1.61. The van der Waals surface area contributed by atoms with E-state index in [-0.39, 0.29) is 5.78 Å². The molecule has 0 atom stereocenters. The summed E-state index contributed by atoms with van der Waals surface area (Å²) >= 11 is 1.56. The predicted octanol–water partition coefficient (Wildman–Crippen LogP) is 3.23. The summed E-state index contributed by atoms with van der Waals surface area (Å²) in [4.78, 5) is 15.7. The summed E-state index contributed by atoms with van der Waals surface area (Å²) in [5, 5.41) is 2.90. The number of Topliss-reactive ketones (excluding diaryl/α,β-unsaturated/α-hetero) is 1. The van der Waals surface area contributed by atoms with E-state index in [1.165, 1.54) is 6.92 Å². The van der Waals surface area contributed by atoms with E-state index < -0.39 is 0 Å². The van der Waals surface area contributed by atoms with E-state index in [0.717, 1.165) is 10.7 Å². The number of hydrogen-bond acceptors (Lipinski definition) is 4. The number of carbonyl (C=O) groups is 1. The van der Waals surface area contributed by atoms with Crippen LogP contribution in [0.3, 0.4) is 0 Å². The number of ketones is 1. The van der Waals surface area contributed by atoms with Crippen LogP contribution in [0.2, 0.25) is 0 Å². The molecule has 0 amide bonds. The second-order valence-corrected chi connectivity index (χ2v) is 4.67. The highest BCUT2D eigenvalue weighted by Gasteiger charge is 2.08. The Morgan fingerprint density at radius 3 is 2.82 bits per heavy atom. The van der Waals surface area contributed by atoms with Gasteiger partial charge in [-0.2, -0.15) is 0 Å². The molecule has 0 aliphatic heterocycles. The Kier molecular flexibility index (Phi) is 3.54. The maximum atomic E-state index is 11.4. The molecule has 2 rings (SSSR count). The first-order chi connectivity index (χ1) is 8.16. The molecule has 1 heterocycles. The van der Waals surface area contributed by atoms with E-state index in [2.05, 4.69) is 4.98 Å². The molecular weight excluding hydrogens is 234 g/mol. The predicted molar refractivity (Wildman–Crippen MR) is 67.6 cm³/mol. The molecule has 4 heteroatoms. The van der Waals surface area contributed by atoms with E-state index in [1.54, 1.807) is 23.5 Å². The average molecular weight is 247 g/mol. The number of aromatic nitrogens is 1. The maximum Gasteiger partial charge on any atom is 0.163 e. The number of hydrogen-bond donors (Lipinski definition) is 0. The van der Waals surface area contributed by atoms with Gasteiger partial charge in [0.2, 0.25) is 0 Å². The Hall–Kier alpha value is -1.68. The highest BCUT2D eigenvalue weighted by Crippen LogP contribution is 2.20. The fraction of sp³-hybridized carbons (Fsp3) is 0.231. The molecule has 0 spiro atoms. The number of aryl methyl sites for hydroxylation is 1. The van der Waals surface area contributed by atoms with Gasteiger partial charge in [-0.3, -0.25) is 4.79 Å². The number of para-hydroxylation sites is 1. The van der Waals surface area contributed by atoms with Crippen molar-refractivity contribution in [3.05, 3.63) is 45.9 Å². The number of carbonyl (C=O) groups excluding carboxylic acids is 1. The smallest absolute Gasteiger partial charge is 0.163 e. The molecule has 0 N–H and O–H groups in total. The van der Waals surface area contributed by atoms with Gasteiger partial charge in [-0.1, -0.05) is 12.1 Å². The molecule has 0 saturated heterocycles. The van der Waals surface area contributed by atoms with Crippen molar-refractivity contribution in [2.75, 3.05) is 0 Å². The lowest BCUT2D eigenvalue weighted by molar-refractivity contribution is 0.101. The van der Waals surface area contributed by atoms with E-state index in [4.69, 9.17) is 4.74 Å². The molecule has 0 radical (unpaired) electrons. The van der Waals surface area contributed by atoms with Gasteiger partial charge in [0.15, 0.2) is 5.78 Å². The van der Waals surface area contributed by atoms with Crippen molar-refractivity contribution in [1.82, 2.24) is 4.98 Å². The molecule has 1 aromatic heterocycles. The minimum atomic E-state index is 0.0101. The summed E-state index contributed by atoms with van der Waals surface area (Å²) < 4.78 is 5.62. The van der Waals surface area contributed by atoms with Crippen LogP contribution in [0.25, 0.3) is 0 Å². The van der Waals surface area contributed by atoms with Crippen molar-refractivity contribution in [2.45, 2.75) is 20.5 Å². The minimum Gasteiger partial charge on any atom is -0.486 e. The summed E-state index contributed by atoms with van der Waals surface area (Å²) in [6.07, 6.45) is 0. The molecule has 0 aliphatic rings. The summed E-state index contributed by atoms with van der Waals surface area (Å²) in [6, 6.07) is 7.26. The quantitative estimate of drug-likeness (QED) is 0.779. The van der Waals surface area contributed by atoms with Crippen LogP contribution in [0.15, 0.2) is 29.6 Å². The van der Waals surface area contributed by atoms with Crippen LogP contribution < -0.4 is 4.74 Å². The van der Waals surface area contributed by atoms with Gasteiger partial charge >= 0.3 is 0 Å². The number of benzene rings is 1. The van der Waals surface area contributed by atoms with Crippen molar-refractivity contribution in [3.63, 3.8) is 0 Å². The number of rotatable bonds is 4. The summed E-state index contributed by atoms with van der Waals surface area (Å²) in [5.74, 6) is 0.628. The first kappa shape index (κ1) is 11.8. The largest absolute Gasteiger partial charge is 0.486 e. The second kappa shape index (κ2) is 5.10. The zero-order chi connectivity index (χ0) is 12.3. The fourth-order valence-electron chi connectivity index (χ4n) is 1.49. The molecule has 17 heavy (non-hydrogen) atoms.